The van der Waals surface area contributed by atoms with Crippen molar-refractivity contribution in [3.63, 3.8) is 0 Å². The van der Waals surface area contributed by atoms with Crippen LogP contribution in [0, 0.1) is 10.1 Å². The number of alkyl halides is 3. The molecule has 15 heavy (non-hydrogen) atoms. The second-order valence-electron chi connectivity index (χ2n) is 2.83. The van der Waals surface area contributed by atoms with Gasteiger partial charge in [-0.25, -0.2) is 0 Å². The lowest BCUT2D eigenvalue weighted by Gasteiger charge is -2.25. The van der Waals surface area contributed by atoms with Crippen LogP contribution in [-0.4, -0.2) is 22.8 Å². The van der Waals surface area contributed by atoms with Crippen LogP contribution in [0.3, 0.4) is 0 Å². The molecule has 0 unspecified atom stereocenters. The summed E-state index contributed by atoms with van der Waals surface area (Å²) in [5, 5.41) is 20.7. The lowest BCUT2D eigenvalue weighted by atomic mass is 10.0. The molecule has 0 aliphatic heterocycles. The van der Waals surface area contributed by atoms with E-state index in [1.165, 1.54) is 11.4 Å². The minimum Gasteiger partial charge on any atom is -0.371 e. The summed E-state index contributed by atoms with van der Waals surface area (Å²) in [4.78, 5) is 8.44. The first-order chi connectivity index (χ1) is 6.77. The first-order valence-electron chi connectivity index (χ1n) is 3.72. The van der Waals surface area contributed by atoms with E-state index in [2.05, 4.69) is 0 Å². The Labute approximate surface area is 86.1 Å². The third-order valence-electron chi connectivity index (χ3n) is 1.76. The molecule has 4 nitrogen and oxygen atoms in total. The molecule has 0 fully saturated rings. The molecule has 1 aromatic rings. The molecule has 0 aromatic carbocycles. The first kappa shape index (κ1) is 11.9. The summed E-state index contributed by atoms with van der Waals surface area (Å²) < 4.78 is 37.4. The van der Waals surface area contributed by atoms with E-state index in [-0.39, 0.29) is 0 Å². The highest BCUT2D eigenvalue weighted by atomic mass is 32.1. The Kier molecular flexibility index (Phi) is 3.00. The van der Waals surface area contributed by atoms with Gasteiger partial charge in [-0.2, -0.15) is 13.2 Å². The van der Waals surface area contributed by atoms with Crippen molar-refractivity contribution in [1.82, 2.24) is 0 Å². The monoisotopic (exact) mass is 241 g/mol. The fourth-order valence-corrected chi connectivity index (χ4v) is 1.84. The number of rotatable bonds is 3. The van der Waals surface area contributed by atoms with Gasteiger partial charge in [0.1, 0.15) is 0 Å². The largest absolute Gasteiger partial charge is 0.428 e. The quantitative estimate of drug-likeness (QED) is 0.648. The second-order valence-corrected chi connectivity index (χ2v) is 3.77. The van der Waals surface area contributed by atoms with Crippen LogP contribution in [0.15, 0.2) is 17.5 Å². The summed E-state index contributed by atoms with van der Waals surface area (Å²) in [6, 6.07) is 2.30. The van der Waals surface area contributed by atoms with Crippen LogP contribution in [-0.2, 0) is 5.60 Å². The van der Waals surface area contributed by atoms with Gasteiger partial charge in [0, 0.05) is 4.92 Å². The molecule has 1 rings (SSSR count). The average molecular weight is 241 g/mol. The predicted molar refractivity (Wildman–Crippen MR) is 46.1 cm³/mol. The third kappa shape index (κ3) is 2.26. The predicted octanol–water partition coefficient (Wildman–Crippen LogP) is 1.77. The van der Waals surface area contributed by atoms with Crippen LogP contribution in [0.2, 0.25) is 0 Å². The Hall–Kier alpha value is -1.15. The van der Waals surface area contributed by atoms with Gasteiger partial charge in [-0.05, 0) is 11.4 Å². The molecular formula is C7H6F3NO3S. The zero-order valence-corrected chi connectivity index (χ0v) is 8.01. The summed E-state index contributed by atoms with van der Waals surface area (Å²) in [7, 11) is 0. The van der Waals surface area contributed by atoms with Crippen molar-refractivity contribution in [1.29, 1.82) is 0 Å². The topological polar surface area (TPSA) is 63.4 Å². The lowest BCUT2D eigenvalue weighted by molar-refractivity contribution is -0.518. The molecule has 0 saturated carbocycles. The summed E-state index contributed by atoms with van der Waals surface area (Å²) >= 11 is 0.624. The molecule has 0 saturated heterocycles. The van der Waals surface area contributed by atoms with Crippen molar-refractivity contribution in [2.24, 2.45) is 0 Å². The molecule has 84 valence electrons. The van der Waals surface area contributed by atoms with Gasteiger partial charge in [0.15, 0.2) is 0 Å². The Morgan fingerprint density at radius 3 is 2.47 bits per heavy atom. The minimum atomic E-state index is -5.06. The summed E-state index contributed by atoms with van der Waals surface area (Å²) in [6.45, 7) is -1.59. The standard InChI is InChI=1S/C7H6F3NO3S/c8-7(9,10)6(12,4-11(13)14)5-2-1-3-15-5/h1-3,12H,4H2/t6-/m0/s1. The van der Waals surface area contributed by atoms with Gasteiger partial charge >= 0.3 is 6.18 Å². The maximum Gasteiger partial charge on any atom is 0.428 e. The third-order valence-corrected chi connectivity index (χ3v) is 2.78. The number of thiophene rings is 1. The molecule has 1 heterocycles. The van der Waals surface area contributed by atoms with E-state index in [9.17, 15) is 28.4 Å². The molecule has 8 heteroatoms. The minimum absolute atomic E-state index is 0.480. The van der Waals surface area contributed by atoms with Crippen molar-refractivity contribution in [3.8, 4) is 0 Å². The molecule has 0 bridgehead atoms. The number of hydrogen-bond acceptors (Lipinski definition) is 4. The van der Waals surface area contributed by atoms with Gasteiger partial charge in [-0.15, -0.1) is 11.3 Å². The van der Waals surface area contributed by atoms with Crippen molar-refractivity contribution >= 4 is 11.3 Å². The summed E-state index contributed by atoms with van der Waals surface area (Å²) in [6.07, 6.45) is -5.06. The van der Waals surface area contributed by atoms with Gasteiger partial charge < -0.3 is 5.11 Å². The molecule has 0 aliphatic carbocycles. The van der Waals surface area contributed by atoms with Crippen molar-refractivity contribution < 1.29 is 23.2 Å². The SMILES string of the molecule is O=[N+]([O-])C[C@](O)(c1cccs1)C(F)(F)F. The van der Waals surface area contributed by atoms with E-state index in [4.69, 9.17) is 0 Å². The van der Waals surface area contributed by atoms with E-state index < -0.39 is 28.1 Å². The van der Waals surface area contributed by atoms with E-state index in [1.54, 1.807) is 0 Å². The Morgan fingerprint density at radius 2 is 2.13 bits per heavy atom. The molecule has 1 N–H and O–H groups in total. The highest BCUT2D eigenvalue weighted by Gasteiger charge is 2.59. The second kappa shape index (κ2) is 3.78. The van der Waals surface area contributed by atoms with Crippen molar-refractivity contribution in [2.45, 2.75) is 11.8 Å². The van der Waals surface area contributed by atoms with Crippen LogP contribution in [0.1, 0.15) is 4.88 Å². The average Bonchev–Trinajstić information content (AvgIpc) is 2.51. The molecule has 1 atom stereocenters. The number of halogens is 3. The van der Waals surface area contributed by atoms with Crippen LogP contribution >= 0.6 is 11.3 Å². The van der Waals surface area contributed by atoms with E-state index in [0.717, 1.165) is 6.07 Å². The summed E-state index contributed by atoms with van der Waals surface area (Å²) in [5.41, 5.74) is -3.40. The number of nitro groups is 1. The van der Waals surface area contributed by atoms with Crippen LogP contribution in [0.5, 0.6) is 0 Å². The maximum absolute atomic E-state index is 12.5. The fourth-order valence-electron chi connectivity index (χ4n) is 1.01. The fraction of sp³-hybridized carbons (Fsp3) is 0.429. The molecule has 0 aliphatic rings. The Morgan fingerprint density at radius 1 is 1.53 bits per heavy atom. The molecule has 0 radical (unpaired) electrons. The molecular weight excluding hydrogens is 235 g/mol. The van der Waals surface area contributed by atoms with E-state index in [0.29, 0.717) is 11.3 Å². The van der Waals surface area contributed by atoms with Gasteiger partial charge in [0.25, 0.3) is 5.60 Å². The number of hydrogen-bond donors (Lipinski definition) is 1. The normalized spacial score (nSPS) is 16.0. The number of aliphatic hydroxyl groups is 1. The molecule has 0 amide bonds. The van der Waals surface area contributed by atoms with Crippen LogP contribution in [0.4, 0.5) is 13.2 Å². The van der Waals surface area contributed by atoms with Gasteiger partial charge in [0.2, 0.25) is 6.54 Å². The van der Waals surface area contributed by atoms with Gasteiger partial charge in [0.05, 0.1) is 4.88 Å². The highest BCUT2D eigenvalue weighted by molar-refractivity contribution is 7.10. The van der Waals surface area contributed by atoms with Crippen molar-refractivity contribution in [2.75, 3.05) is 6.54 Å². The zero-order chi connectivity index (χ0) is 11.7. The summed E-state index contributed by atoms with van der Waals surface area (Å²) in [5.74, 6) is 0. The molecule has 0 spiro atoms. The van der Waals surface area contributed by atoms with E-state index in [1.807, 2.05) is 0 Å². The van der Waals surface area contributed by atoms with Crippen LogP contribution < -0.4 is 0 Å². The van der Waals surface area contributed by atoms with Crippen LogP contribution in [0.25, 0.3) is 0 Å². The van der Waals surface area contributed by atoms with E-state index >= 15 is 0 Å². The Balaban J connectivity index is 3.13. The maximum atomic E-state index is 12.5. The smallest absolute Gasteiger partial charge is 0.371 e. The highest BCUT2D eigenvalue weighted by Crippen LogP contribution is 2.40. The first-order valence-corrected chi connectivity index (χ1v) is 4.60. The number of nitrogens with zero attached hydrogens (tertiary/aromatic N) is 1. The van der Waals surface area contributed by atoms with Gasteiger partial charge in [-0.1, -0.05) is 6.07 Å². The van der Waals surface area contributed by atoms with Crippen molar-refractivity contribution in [3.05, 3.63) is 32.5 Å². The Bertz CT molecular complexity index is 351. The lowest BCUT2D eigenvalue weighted by Crippen LogP contribution is -2.47. The van der Waals surface area contributed by atoms with Gasteiger partial charge in [-0.3, -0.25) is 10.1 Å². The molecule has 1 aromatic heterocycles. The zero-order valence-electron chi connectivity index (χ0n) is 7.19.